The van der Waals surface area contributed by atoms with Gasteiger partial charge in [-0.15, -0.1) is 0 Å². The molecule has 0 atom stereocenters. The number of rotatable bonds is 2. The van der Waals surface area contributed by atoms with E-state index in [1.54, 1.807) is 17.0 Å². The van der Waals surface area contributed by atoms with Crippen LogP contribution in [0.4, 0.5) is 11.4 Å². The Bertz CT molecular complexity index is 830. The van der Waals surface area contributed by atoms with Crippen molar-refractivity contribution in [2.45, 2.75) is 26.8 Å². The minimum atomic E-state index is -0.369. The van der Waals surface area contributed by atoms with E-state index in [-0.39, 0.29) is 17.5 Å². The number of nitrogens with zero attached hydrogens (tertiary/aromatic N) is 2. The van der Waals surface area contributed by atoms with Gasteiger partial charge in [-0.25, -0.2) is 0 Å². The Labute approximate surface area is 144 Å². The van der Waals surface area contributed by atoms with Crippen molar-refractivity contribution in [3.05, 3.63) is 39.7 Å². The number of carbonyl (C=O) groups excluding carboxylic acids is 2. The summed E-state index contributed by atoms with van der Waals surface area (Å²) in [5, 5.41) is 10.3. The van der Waals surface area contributed by atoms with Crippen LogP contribution >= 0.6 is 11.6 Å². The summed E-state index contributed by atoms with van der Waals surface area (Å²) in [6.07, 6.45) is 0.650. The number of hydrogen-bond donors (Lipinski definition) is 3. The highest BCUT2D eigenvalue weighted by atomic mass is 35.5. The maximum Gasteiger partial charge on any atom is 0.276 e. The molecule has 0 saturated carbocycles. The normalized spacial score (nSPS) is 13.5. The lowest BCUT2D eigenvalue weighted by Gasteiger charge is -2.25. The van der Waals surface area contributed by atoms with Gasteiger partial charge in [-0.05, 0) is 24.6 Å². The van der Waals surface area contributed by atoms with Gasteiger partial charge in [0.15, 0.2) is 5.69 Å². The first-order valence-electron chi connectivity index (χ1n) is 7.55. The molecule has 1 aromatic carbocycles. The monoisotopic (exact) mass is 347 g/mol. The van der Waals surface area contributed by atoms with Gasteiger partial charge in [0, 0.05) is 42.7 Å². The smallest absolute Gasteiger partial charge is 0.276 e. The van der Waals surface area contributed by atoms with Crippen molar-refractivity contribution in [2.75, 3.05) is 17.6 Å². The standard InChI is InChI=1S/C16H18ClN5O2/c1-8-5-14(12(18)6-11(8)17)19-16(24)15-10-7-22(9(2)23)4-3-13(10)20-21-15/h5-6H,3-4,7,18H2,1-2H3,(H,19,24)(H,20,21). The highest BCUT2D eigenvalue weighted by molar-refractivity contribution is 6.31. The van der Waals surface area contributed by atoms with Gasteiger partial charge in [0.1, 0.15) is 0 Å². The minimum absolute atomic E-state index is 0.0224. The molecular weight excluding hydrogens is 330 g/mol. The summed E-state index contributed by atoms with van der Waals surface area (Å²) in [7, 11) is 0. The second-order valence-electron chi connectivity index (χ2n) is 5.86. The first-order chi connectivity index (χ1) is 11.4. The van der Waals surface area contributed by atoms with Gasteiger partial charge in [-0.1, -0.05) is 11.6 Å². The minimum Gasteiger partial charge on any atom is -0.397 e. The molecule has 1 aliphatic heterocycles. The van der Waals surface area contributed by atoms with Crippen LogP contribution in [0.5, 0.6) is 0 Å². The van der Waals surface area contributed by atoms with E-state index in [1.165, 1.54) is 6.92 Å². The lowest BCUT2D eigenvalue weighted by molar-refractivity contribution is -0.129. The second kappa shape index (κ2) is 6.16. The zero-order valence-corrected chi connectivity index (χ0v) is 14.2. The van der Waals surface area contributed by atoms with Crippen LogP contribution in [-0.4, -0.2) is 33.5 Å². The van der Waals surface area contributed by atoms with Crippen molar-refractivity contribution >= 4 is 34.8 Å². The number of carbonyl (C=O) groups is 2. The molecule has 4 N–H and O–H groups in total. The van der Waals surface area contributed by atoms with E-state index in [1.807, 2.05) is 6.92 Å². The molecule has 0 aliphatic carbocycles. The molecule has 0 spiro atoms. The average molecular weight is 348 g/mol. The molecule has 2 aromatic rings. The Morgan fingerprint density at radius 2 is 2.17 bits per heavy atom. The highest BCUT2D eigenvalue weighted by Crippen LogP contribution is 2.28. The number of nitrogen functional groups attached to an aromatic ring is 1. The highest BCUT2D eigenvalue weighted by Gasteiger charge is 2.26. The third-order valence-corrected chi connectivity index (χ3v) is 4.58. The van der Waals surface area contributed by atoms with Crippen LogP contribution in [0.2, 0.25) is 5.02 Å². The van der Waals surface area contributed by atoms with Crippen LogP contribution in [0.15, 0.2) is 12.1 Å². The van der Waals surface area contributed by atoms with Crippen molar-refractivity contribution in [1.29, 1.82) is 0 Å². The van der Waals surface area contributed by atoms with Crippen LogP contribution in [-0.2, 0) is 17.8 Å². The first kappa shape index (κ1) is 16.3. The van der Waals surface area contributed by atoms with Gasteiger partial charge >= 0.3 is 0 Å². The summed E-state index contributed by atoms with van der Waals surface area (Å²) in [5.41, 5.74) is 9.51. The quantitative estimate of drug-likeness (QED) is 0.723. The molecular formula is C16H18ClN5O2. The van der Waals surface area contributed by atoms with Crippen LogP contribution in [0.25, 0.3) is 0 Å². The van der Waals surface area contributed by atoms with Gasteiger partial charge in [-0.3, -0.25) is 14.7 Å². The van der Waals surface area contributed by atoms with Crippen molar-refractivity contribution in [2.24, 2.45) is 0 Å². The van der Waals surface area contributed by atoms with E-state index in [2.05, 4.69) is 15.5 Å². The van der Waals surface area contributed by atoms with Gasteiger partial charge in [-0.2, -0.15) is 5.10 Å². The number of nitrogens with one attached hydrogen (secondary N) is 2. The van der Waals surface area contributed by atoms with E-state index in [0.29, 0.717) is 35.9 Å². The molecule has 0 bridgehead atoms. The predicted molar refractivity (Wildman–Crippen MR) is 91.9 cm³/mol. The van der Waals surface area contributed by atoms with E-state index < -0.39 is 0 Å². The Balaban J connectivity index is 1.86. The van der Waals surface area contributed by atoms with Gasteiger partial charge in [0.2, 0.25) is 5.91 Å². The fourth-order valence-corrected chi connectivity index (χ4v) is 2.91. The maximum atomic E-state index is 12.6. The number of anilines is 2. The topological polar surface area (TPSA) is 104 Å². The Morgan fingerprint density at radius 3 is 2.88 bits per heavy atom. The van der Waals surface area contributed by atoms with E-state index in [4.69, 9.17) is 17.3 Å². The zero-order valence-electron chi connectivity index (χ0n) is 13.4. The maximum absolute atomic E-state index is 12.6. The number of hydrogen-bond acceptors (Lipinski definition) is 4. The molecule has 7 nitrogen and oxygen atoms in total. The molecule has 0 unspecified atom stereocenters. The number of H-pyrrole nitrogens is 1. The third-order valence-electron chi connectivity index (χ3n) is 4.17. The van der Waals surface area contributed by atoms with Crippen LogP contribution in [0.1, 0.15) is 34.2 Å². The molecule has 1 aliphatic rings. The molecule has 2 amide bonds. The van der Waals surface area contributed by atoms with E-state index >= 15 is 0 Å². The second-order valence-corrected chi connectivity index (χ2v) is 6.27. The van der Waals surface area contributed by atoms with Crippen LogP contribution in [0, 0.1) is 6.92 Å². The molecule has 126 valence electrons. The number of nitrogens with two attached hydrogens (primary N) is 1. The number of halogens is 1. The summed E-state index contributed by atoms with van der Waals surface area (Å²) in [5.74, 6) is -0.392. The first-order valence-corrected chi connectivity index (χ1v) is 7.93. The number of aromatic nitrogens is 2. The Kier molecular flexibility index (Phi) is 4.19. The largest absolute Gasteiger partial charge is 0.397 e. The Hall–Kier alpha value is -2.54. The number of amides is 2. The summed E-state index contributed by atoms with van der Waals surface area (Å²) < 4.78 is 0. The van der Waals surface area contributed by atoms with Crippen molar-refractivity contribution in [3.8, 4) is 0 Å². The molecule has 8 heteroatoms. The summed E-state index contributed by atoms with van der Waals surface area (Å²) in [4.78, 5) is 25.9. The zero-order chi connectivity index (χ0) is 17.4. The third kappa shape index (κ3) is 2.94. The summed E-state index contributed by atoms with van der Waals surface area (Å²) >= 11 is 6.02. The number of aromatic amines is 1. The molecule has 1 aromatic heterocycles. The predicted octanol–water partition coefficient (Wildman–Crippen LogP) is 2.11. The molecule has 0 saturated heterocycles. The molecule has 2 heterocycles. The fourth-order valence-electron chi connectivity index (χ4n) is 2.74. The van der Waals surface area contributed by atoms with Crippen LogP contribution < -0.4 is 11.1 Å². The van der Waals surface area contributed by atoms with Crippen molar-refractivity contribution in [3.63, 3.8) is 0 Å². The van der Waals surface area contributed by atoms with E-state index in [0.717, 1.165) is 16.8 Å². The van der Waals surface area contributed by atoms with Gasteiger partial charge in [0.25, 0.3) is 5.91 Å². The SMILES string of the molecule is CC(=O)N1CCc2[nH]nc(C(=O)Nc3cc(C)c(Cl)cc3N)c2C1. The molecule has 24 heavy (non-hydrogen) atoms. The lowest BCUT2D eigenvalue weighted by atomic mass is 10.0. The fraction of sp³-hybridized carbons (Fsp3) is 0.312. The average Bonchev–Trinajstić information content (AvgIpc) is 2.95. The lowest BCUT2D eigenvalue weighted by Crippen LogP contribution is -2.34. The Morgan fingerprint density at radius 1 is 1.42 bits per heavy atom. The molecule has 0 fully saturated rings. The number of aryl methyl sites for hydroxylation is 1. The van der Waals surface area contributed by atoms with E-state index in [9.17, 15) is 9.59 Å². The summed E-state index contributed by atoms with van der Waals surface area (Å²) in [6.45, 7) is 4.34. The van der Waals surface area contributed by atoms with Gasteiger partial charge < -0.3 is 16.0 Å². The van der Waals surface area contributed by atoms with Crippen molar-refractivity contribution in [1.82, 2.24) is 15.1 Å². The van der Waals surface area contributed by atoms with Gasteiger partial charge in [0.05, 0.1) is 11.4 Å². The molecule has 3 rings (SSSR count). The molecule has 0 radical (unpaired) electrons. The number of fused-ring (bicyclic) bond motifs is 1. The summed E-state index contributed by atoms with van der Waals surface area (Å²) in [6, 6.07) is 3.32. The van der Waals surface area contributed by atoms with Crippen LogP contribution in [0.3, 0.4) is 0 Å². The number of benzene rings is 1. The van der Waals surface area contributed by atoms with Crippen molar-refractivity contribution < 1.29 is 9.59 Å².